The fourth-order valence-corrected chi connectivity index (χ4v) is 2.91. The molecular weight excluding hydrogens is 306 g/mol. The molecule has 0 radical (unpaired) electrons. The lowest BCUT2D eigenvalue weighted by Gasteiger charge is -2.24. The van der Waals surface area contributed by atoms with Crippen molar-refractivity contribution in [1.29, 1.82) is 0 Å². The summed E-state index contributed by atoms with van der Waals surface area (Å²) in [5.41, 5.74) is 0.912. The van der Waals surface area contributed by atoms with Crippen molar-refractivity contribution in [2.24, 2.45) is 0 Å². The molecule has 0 saturated carbocycles. The molecule has 1 fully saturated rings. The standard InChI is InChI=1S/C18H21N3O3/c1-23-17-9-15(13-24-16-5-3-7-20-11-16)21(12-17)18(22)8-14-4-2-6-19-10-14/h2-7,10-11,15,17H,8-9,12-13H2,1H3/t15-,17+/m0/s1. The van der Waals surface area contributed by atoms with E-state index in [0.29, 0.717) is 25.3 Å². The molecule has 0 N–H and O–H groups in total. The van der Waals surface area contributed by atoms with Gasteiger partial charge in [-0.15, -0.1) is 0 Å². The van der Waals surface area contributed by atoms with E-state index >= 15 is 0 Å². The third-order valence-electron chi connectivity index (χ3n) is 4.18. The summed E-state index contributed by atoms with van der Waals surface area (Å²) >= 11 is 0. The predicted octanol–water partition coefficient (Wildman–Crippen LogP) is 1.71. The first-order chi connectivity index (χ1) is 11.8. The highest BCUT2D eigenvalue weighted by molar-refractivity contribution is 5.79. The number of hydrogen-bond donors (Lipinski definition) is 0. The molecule has 0 spiro atoms. The van der Waals surface area contributed by atoms with E-state index < -0.39 is 0 Å². The van der Waals surface area contributed by atoms with E-state index in [9.17, 15) is 4.79 Å². The highest BCUT2D eigenvalue weighted by atomic mass is 16.5. The molecular formula is C18H21N3O3. The molecule has 0 unspecified atom stereocenters. The van der Waals surface area contributed by atoms with Crippen molar-refractivity contribution in [3.8, 4) is 5.75 Å². The molecule has 126 valence electrons. The lowest BCUT2D eigenvalue weighted by atomic mass is 10.1. The van der Waals surface area contributed by atoms with Crippen LogP contribution in [0.25, 0.3) is 0 Å². The zero-order valence-electron chi connectivity index (χ0n) is 13.7. The number of hydrogen-bond acceptors (Lipinski definition) is 5. The zero-order valence-corrected chi connectivity index (χ0v) is 13.7. The van der Waals surface area contributed by atoms with Crippen molar-refractivity contribution in [1.82, 2.24) is 14.9 Å². The normalized spacial score (nSPS) is 20.1. The van der Waals surface area contributed by atoms with Crippen LogP contribution in [0.15, 0.2) is 49.1 Å². The molecule has 6 nitrogen and oxygen atoms in total. The minimum Gasteiger partial charge on any atom is -0.490 e. The van der Waals surface area contributed by atoms with Crippen LogP contribution in [0.4, 0.5) is 0 Å². The minimum atomic E-state index is -0.000623. The van der Waals surface area contributed by atoms with E-state index in [2.05, 4.69) is 9.97 Å². The van der Waals surface area contributed by atoms with Crippen LogP contribution in [0.3, 0.4) is 0 Å². The fraction of sp³-hybridized carbons (Fsp3) is 0.389. The smallest absolute Gasteiger partial charge is 0.227 e. The number of carbonyl (C=O) groups excluding carboxylic acids is 1. The Labute approximate surface area is 141 Å². The van der Waals surface area contributed by atoms with Crippen molar-refractivity contribution in [3.63, 3.8) is 0 Å². The van der Waals surface area contributed by atoms with Crippen LogP contribution in [0, 0.1) is 0 Å². The van der Waals surface area contributed by atoms with Crippen LogP contribution in [-0.4, -0.2) is 53.2 Å². The van der Waals surface area contributed by atoms with E-state index in [4.69, 9.17) is 9.47 Å². The monoisotopic (exact) mass is 327 g/mol. The van der Waals surface area contributed by atoms with Crippen molar-refractivity contribution in [2.75, 3.05) is 20.3 Å². The van der Waals surface area contributed by atoms with Gasteiger partial charge in [0.05, 0.1) is 24.8 Å². The molecule has 24 heavy (non-hydrogen) atoms. The SMILES string of the molecule is CO[C@@H]1C[C@@H](COc2cccnc2)N(C(=O)Cc2cccnc2)C1. The Bertz CT molecular complexity index is 651. The van der Waals surface area contributed by atoms with Crippen molar-refractivity contribution in [2.45, 2.75) is 25.0 Å². The number of carbonyl (C=O) groups is 1. The number of methoxy groups -OCH3 is 1. The third-order valence-corrected chi connectivity index (χ3v) is 4.18. The van der Waals surface area contributed by atoms with E-state index in [1.165, 1.54) is 0 Å². The molecule has 1 amide bonds. The van der Waals surface area contributed by atoms with Gasteiger partial charge in [0, 0.05) is 32.2 Å². The topological polar surface area (TPSA) is 64.6 Å². The summed E-state index contributed by atoms with van der Waals surface area (Å²) < 4.78 is 11.2. The first kappa shape index (κ1) is 16.4. The number of likely N-dealkylation sites (tertiary alicyclic amines) is 1. The second-order valence-corrected chi connectivity index (χ2v) is 5.83. The second-order valence-electron chi connectivity index (χ2n) is 5.83. The maximum Gasteiger partial charge on any atom is 0.227 e. The van der Waals surface area contributed by atoms with E-state index in [1.807, 2.05) is 29.2 Å². The molecule has 0 aromatic carbocycles. The van der Waals surface area contributed by atoms with Crippen molar-refractivity contribution in [3.05, 3.63) is 54.6 Å². The Balaban J connectivity index is 1.63. The number of rotatable bonds is 6. The number of amides is 1. The third kappa shape index (κ3) is 4.08. The first-order valence-corrected chi connectivity index (χ1v) is 8.00. The molecule has 1 aliphatic heterocycles. The quantitative estimate of drug-likeness (QED) is 0.808. The number of aromatic nitrogens is 2. The van der Waals surface area contributed by atoms with Crippen LogP contribution >= 0.6 is 0 Å². The van der Waals surface area contributed by atoms with Gasteiger partial charge < -0.3 is 14.4 Å². The molecule has 2 aromatic rings. The van der Waals surface area contributed by atoms with Crippen LogP contribution in [-0.2, 0) is 16.0 Å². The first-order valence-electron chi connectivity index (χ1n) is 8.00. The van der Waals surface area contributed by atoms with Gasteiger partial charge in [-0.25, -0.2) is 0 Å². The zero-order chi connectivity index (χ0) is 16.8. The Morgan fingerprint density at radius 2 is 2.04 bits per heavy atom. The van der Waals surface area contributed by atoms with Gasteiger partial charge in [0.25, 0.3) is 0 Å². The molecule has 2 aromatic heterocycles. The van der Waals surface area contributed by atoms with Crippen LogP contribution < -0.4 is 4.74 Å². The molecule has 3 heterocycles. The summed E-state index contributed by atoms with van der Waals surface area (Å²) in [7, 11) is 1.68. The van der Waals surface area contributed by atoms with Gasteiger partial charge in [0.2, 0.25) is 5.91 Å². The fourth-order valence-electron chi connectivity index (χ4n) is 2.91. The average molecular weight is 327 g/mol. The summed E-state index contributed by atoms with van der Waals surface area (Å²) in [6.07, 6.45) is 7.96. The van der Waals surface area contributed by atoms with Gasteiger partial charge in [-0.3, -0.25) is 14.8 Å². The average Bonchev–Trinajstić information content (AvgIpc) is 3.05. The minimum absolute atomic E-state index is 0.000623. The molecule has 0 bridgehead atoms. The van der Waals surface area contributed by atoms with E-state index in [0.717, 1.165) is 12.0 Å². The molecule has 2 atom stereocenters. The van der Waals surface area contributed by atoms with Crippen molar-refractivity contribution < 1.29 is 14.3 Å². The number of ether oxygens (including phenoxy) is 2. The summed E-state index contributed by atoms with van der Waals surface area (Å²) in [5, 5.41) is 0. The number of pyridine rings is 2. The highest BCUT2D eigenvalue weighted by Crippen LogP contribution is 2.22. The van der Waals surface area contributed by atoms with Gasteiger partial charge in [-0.05, 0) is 30.2 Å². The van der Waals surface area contributed by atoms with E-state index in [-0.39, 0.29) is 18.1 Å². The van der Waals surface area contributed by atoms with Gasteiger partial charge in [-0.2, -0.15) is 0 Å². The number of nitrogens with zero attached hydrogens (tertiary/aromatic N) is 3. The summed E-state index contributed by atoms with van der Waals surface area (Å²) in [5.74, 6) is 0.778. The predicted molar refractivity (Wildman–Crippen MR) is 88.6 cm³/mol. The maximum absolute atomic E-state index is 12.7. The summed E-state index contributed by atoms with van der Waals surface area (Å²) in [6, 6.07) is 7.44. The second kappa shape index (κ2) is 7.88. The van der Waals surface area contributed by atoms with E-state index in [1.54, 1.807) is 31.9 Å². The van der Waals surface area contributed by atoms with Crippen molar-refractivity contribution >= 4 is 5.91 Å². The van der Waals surface area contributed by atoms with Gasteiger partial charge >= 0.3 is 0 Å². The van der Waals surface area contributed by atoms with Crippen LogP contribution in [0.2, 0.25) is 0 Å². The molecule has 1 saturated heterocycles. The van der Waals surface area contributed by atoms with Crippen LogP contribution in [0.5, 0.6) is 5.75 Å². The highest BCUT2D eigenvalue weighted by Gasteiger charge is 2.35. The molecule has 3 rings (SSSR count). The molecule has 6 heteroatoms. The lowest BCUT2D eigenvalue weighted by Crippen LogP contribution is -2.40. The Hall–Kier alpha value is -2.47. The van der Waals surface area contributed by atoms with Gasteiger partial charge in [-0.1, -0.05) is 6.07 Å². The Morgan fingerprint density at radius 1 is 1.25 bits per heavy atom. The van der Waals surface area contributed by atoms with Gasteiger partial charge in [0.1, 0.15) is 12.4 Å². The largest absolute Gasteiger partial charge is 0.490 e. The summed E-state index contributed by atoms with van der Waals surface area (Å²) in [4.78, 5) is 22.6. The molecule has 1 aliphatic rings. The Kier molecular flexibility index (Phi) is 5.38. The summed E-state index contributed by atoms with van der Waals surface area (Å²) in [6.45, 7) is 1.03. The molecule has 0 aliphatic carbocycles. The van der Waals surface area contributed by atoms with Crippen LogP contribution in [0.1, 0.15) is 12.0 Å². The Morgan fingerprint density at radius 3 is 2.71 bits per heavy atom. The van der Waals surface area contributed by atoms with Gasteiger partial charge in [0.15, 0.2) is 0 Å². The lowest BCUT2D eigenvalue weighted by molar-refractivity contribution is -0.132. The maximum atomic E-state index is 12.7.